The lowest BCUT2D eigenvalue weighted by molar-refractivity contribution is -0.139. The fraction of sp³-hybridized carbons (Fsp3) is 0.267. The Morgan fingerprint density at radius 3 is 2.17 bits per heavy atom. The van der Waals surface area contributed by atoms with E-state index in [9.17, 15) is 9.90 Å². The number of carbonyl (C=O) groups is 1. The number of aromatic hydroxyl groups is 1. The second kappa shape index (κ2) is 6.64. The number of carbonyl (C=O) groups excluding carboxylic acids is 1. The third kappa shape index (κ3) is 3.48. The van der Waals surface area contributed by atoms with E-state index in [4.69, 9.17) is 0 Å². The zero-order valence-electron chi connectivity index (χ0n) is 10.6. The molecule has 1 aromatic rings. The summed E-state index contributed by atoms with van der Waals surface area (Å²) in [4.78, 5) is 11.3. The van der Waals surface area contributed by atoms with E-state index in [-0.39, 0.29) is 18.1 Å². The van der Waals surface area contributed by atoms with Crippen LogP contribution in [0.4, 0.5) is 0 Å². The van der Waals surface area contributed by atoms with E-state index in [1.807, 2.05) is 0 Å². The zero-order valence-corrected chi connectivity index (χ0v) is 10.6. The molecule has 3 nitrogen and oxygen atoms in total. The summed E-state index contributed by atoms with van der Waals surface area (Å²) in [5, 5.41) is 10.1. The largest absolute Gasteiger partial charge is 0.507 e. The van der Waals surface area contributed by atoms with Crippen LogP contribution in [0.5, 0.6) is 5.75 Å². The molecule has 0 aliphatic carbocycles. The number of hydrogen-bond donors (Lipinski definition) is 1. The lowest BCUT2D eigenvalue weighted by Crippen LogP contribution is -2.05. The minimum Gasteiger partial charge on any atom is -0.507 e. The molecule has 1 N–H and O–H groups in total. The Bertz CT molecular complexity index is 430. The number of ether oxygens (including phenoxy) is 1. The van der Waals surface area contributed by atoms with Crippen molar-refractivity contribution >= 4 is 5.97 Å². The van der Waals surface area contributed by atoms with Crippen LogP contribution in [0.3, 0.4) is 0 Å². The highest BCUT2D eigenvalue weighted by Crippen LogP contribution is 2.26. The van der Waals surface area contributed by atoms with E-state index in [2.05, 4.69) is 17.9 Å². The normalized spacial score (nSPS) is 9.83. The third-order valence-electron chi connectivity index (χ3n) is 2.63. The van der Waals surface area contributed by atoms with E-state index in [0.29, 0.717) is 12.8 Å². The average molecular weight is 246 g/mol. The maximum Gasteiger partial charge on any atom is 0.309 e. The van der Waals surface area contributed by atoms with Crippen molar-refractivity contribution < 1.29 is 14.6 Å². The molecule has 96 valence electrons. The van der Waals surface area contributed by atoms with Crippen molar-refractivity contribution in [1.82, 2.24) is 0 Å². The van der Waals surface area contributed by atoms with Gasteiger partial charge < -0.3 is 9.84 Å². The summed E-state index contributed by atoms with van der Waals surface area (Å²) in [5.74, 6) is -0.0433. The molecule has 18 heavy (non-hydrogen) atoms. The summed E-state index contributed by atoms with van der Waals surface area (Å²) >= 11 is 0. The van der Waals surface area contributed by atoms with Gasteiger partial charge in [-0.2, -0.15) is 0 Å². The number of hydrogen-bond acceptors (Lipinski definition) is 3. The molecule has 3 heteroatoms. The molecule has 0 unspecified atom stereocenters. The first-order valence-corrected chi connectivity index (χ1v) is 5.74. The first-order valence-electron chi connectivity index (χ1n) is 5.74. The summed E-state index contributed by atoms with van der Waals surface area (Å²) in [5.41, 5.74) is 2.36. The summed E-state index contributed by atoms with van der Waals surface area (Å²) in [6, 6.07) is 3.61. The van der Waals surface area contributed by atoms with Gasteiger partial charge in [0, 0.05) is 0 Å². The number of methoxy groups -OCH3 is 1. The van der Waals surface area contributed by atoms with Gasteiger partial charge in [0.15, 0.2) is 0 Å². The smallest absolute Gasteiger partial charge is 0.309 e. The van der Waals surface area contributed by atoms with Crippen LogP contribution in [-0.2, 0) is 28.8 Å². The van der Waals surface area contributed by atoms with Crippen molar-refractivity contribution in [3.8, 4) is 5.75 Å². The molecule has 0 radical (unpaired) electrons. The molecule has 0 bridgehead atoms. The van der Waals surface area contributed by atoms with Crippen molar-refractivity contribution in [2.45, 2.75) is 19.3 Å². The molecule has 0 fully saturated rings. The van der Waals surface area contributed by atoms with Crippen LogP contribution in [0.15, 0.2) is 37.4 Å². The van der Waals surface area contributed by atoms with Crippen LogP contribution in [0.2, 0.25) is 0 Å². The third-order valence-corrected chi connectivity index (χ3v) is 2.63. The van der Waals surface area contributed by atoms with E-state index < -0.39 is 0 Å². The molecule has 0 atom stereocenters. The number of rotatable bonds is 6. The van der Waals surface area contributed by atoms with E-state index in [1.165, 1.54) is 7.11 Å². The zero-order chi connectivity index (χ0) is 13.5. The maximum absolute atomic E-state index is 11.3. The number of phenols is 1. The molecule has 0 amide bonds. The summed E-state index contributed by atoms with van der Waals surface area (Å²) in [6.45, 7) is 7.31. The second-order valence-corrected chi connectivity index (χ2v) is 4.00. The Labute approximate surface area is 107 Å². The number of phenolic OH excluding ortho intramolecular Hbond substituents is 1. The molecule has 1 rings (SSSR count). The van der Waals surface area contributed by atoms with Crippen LogP contribution in [0.1, 0.15) is 16.7 Å². The fourth-order valence-electron chi connectivity index (χ4n) is 1.80. The number of allylic oxidation sites excluding steroid dienone is 2. The molecule has 0 saturated carbocycles. The molecule has 0 aromatic heterocycles. The van der Waals surface area contributed by atoms with Crippen LogP contribution in [0.25, 0.3) is 0 Å². The standard InChI is InChI=1S/C15H18O3/c1-4-6-12-8-11(10-14(16)18-3)9-13(7-5-2)15(12)17/h4-5,8-9,17H,1-2,6-7,10H2,3H3. The molecular weight excluding hydrogens is 228 g/mol. The van der Waals surface area contributed by atoms with Gasteiger partial charge in [-0.3, -0.25) is 4.79 Å². The minimum absolute atomic E-state index is 0.199. The van der Waals surface area contributed by atoms with Crippen LogP contribution >= 0.6 is 0 Å². The van der Waals surface area contributed by atoms with E-state index >= 15 is 0 Å². The van der Waals surface area contributed by atoms with Gasteiger partial charge in [0.1, 0.15) is 5.75 Å². The predicted octanol–water partition coefficient (Wildman–Crippen LogP) is 2.56. The van der Waals surface area contributed by atoms with E-state index in [0.717, 1.165) is 16.7 Å². The molecule has 0 spiro atoms. The molecule has 1 aromatic carbocycles. The van der Waals surface area contributed by atoms with Gasteiger partial charge >= 0.3 is 5.97 Å². The highest BCUT2D eigenvalue weighted by atomic mass is 16.5. The van der Waals surface area contributed by atoms with Gasteiger partial charge in [-0.15, -0.1) is 13.2 Å². The van der Waals surface area contributed by atoms with Gasteiger partial charge in [0.05, 0.1) is 13.5 Å². The Morgan fingerprint density at radius 1 is 1.28 bits per heavy atom. The summed E-state index contributed by atoms with van der Waals surface area (Å²) in [6.07, 6.45) is 4.75. The fourth-order valence-corrected chi connectivity index (χ4v) is 1.80. The monoisotopic (exact) mass is 246 g/mol. The lowest BCUT2D eigenvalue weighted by Gasteiger charge is -2.10. The topological polar surface area (TPSA) is 46.5 Å². The first-order chi connectivity index (χ1) is 8.62. The van der Waals surface area contributed by atoms with Gasteiger partial charge in [-0.1, -0.05) is 24.3 Å². The number of benzene rings is 1. The highest BCUT2D eigenvalue weighted by Gasteiger charge is 2.11. The summed E-state index contributed by atoms with van der Waals surface area (Å²) in [7, 11) is 1.36. The lowest BCUT2D eigenvalue weighted by atomic mass is 9.98. The van der Waals surface area contributed by atoms with Crippen molar-refractivity contribution in [2.24, 2.45) is 0 Å². The van der Waals surface area contributed by atoms with Gasteiger partial charge in [-0.25, -0.2) is 0 Å². The quantitative estimate of drug-likeness (QED) is 0.620. The van der Waals surface area contributed by atoms with Crippen molar-refractivity contribution in [1.29, 1.82) is 0 Å². The van der Waals surface area contributed by atoms with E-state index in [1.54, 1.807) is 24.3 Å². The van der Waals surface area contributed by atoms with Gasteiger partial charge in [0.2, 0.25) is 0 Å². The highest BCUT2D eigenvalue weighted by molar-refractivity contribution is 5.72. The van der Waals surface area contributed by atoms with Gasteiger partial charge in [0.25, 0.3) is 0 Å². The number of esters is 1. The van der Waals surface area contributed by atoms with Crippen LogP contribution in [-0.4, -0.2) is 18.2 Å². The van der Waals surface area contributed by atoms with Crippen molar-refractivity contribution in [3.05, 3.63) is 54.1 Å². The van der Waals surface area contributed by atoms with Crippen LogP contribution < -0.4 is 0 Å². The minimum atomic E-state index is -0.296. The molecular formula is C15H18O3. The molecule has 0 aliphatic rings. The Morgan fingerprint density at radius 2 is 1.78 bits per heavy atom. The average Bonchev–Trinajstić information content (AvgIpc) is 2.35. The Balaban J connectivity index is 3.14. The Hall–Kier alpha value is -2.03. The molecule has 0 aliphatic heterocycles. The SMILES string of the molecule is C=CCc1cc(CC(=O)OC)cc(CC=C)c1O. The Kier molecular flexibility index (Phi) is 5.18. The maximum atomic E-state index is 11.3. The van der Waals surface area contributed by atoms with Crippen LogP contribution in [0, 0.1) is 0 Å². The second-order valence-electron chi connectivity index (χ2n) is 4.00. The summed E-state index contributed by atoms with van der Waals surface area (Å²) < 4.78 is 4.64. The van der Waals surface area contributed by atoms with Crippen molar-refractivity contribution in [3.63, 3.8) is 0 Å². The molecule has 0 saturated heterocycles. The van der Waals surface area contributed by atoms with Gasteiger partial charge in [-0.05, 0) is 29.5 Å². The first kappa shape index (κ1) is 14.0. The predicted molar refractivity (Wildman–Crippen MR) is 71.6 cm³/mol. The molecule has 0 heterocycles. The van der Waals surface area contributed by atoms with Crippen molar-refractivity contribution in [2.75, 3.05) is 7.11 Å².